The van der Waals surface area contributed by atoms with E-state index in [1.165, 1.54) is 0 Å². The van der Waals surface area contributed by atoms with Crippen LogP contribution in [0.15, 0.2) is 54.6 Å². The summed E-state index contributed by atoms with van der Waals surface area (Å²) in [5.41, 5.74) is 9.88. The third-order valence-corrected chi connectivity index (χ3v) is 3.84. The minimum Gasteiger partial charge on any atom is -0.383 e. The molecular weight excluding hydrogens is 312 g/mol. The Kier molecular flexibility index (Phi) is 4.53. The summed E-state index contributed by atoms with van der Waals surface area (Å²) in [6.45, 7) is 0. The predicted octanol–water partition coefficient (Wildman–Crippen LogP) is 2.43. The van der Waals surface area contributed by atoms with Gasteiger partial charge < -0.3 is 11.1 Å². The summed E-state index contributed by atoms with van der Waals surface area (Å²) in [5, 5.41) is 7.08. The SMILES string of the molecule is CNC(=O)c1ccc(-c2nn(C)c(N)c2C#Cc2ccccc2)cc1. The smallest absolute Gasteiger partial charge is 0.251 e. The second-order valence-electron chi connectivity index (χ2n) is 5.50. The monoisotopic (exact) mass is 330 g/mol. The molecule has 3 aromatic rings. The lowest BCUT2D eigenvalue weighted by Gasteiger charge is -2.02. The normalized spacial score (nSPS) is 10.0. The zero-order chi connectivity index (χ0) is 17.8. The number of nitrogen functional groups attached to an aromatic ring is 1. The van der Waals surface area contributed by atoms with Crippen LogP contribution >= 0.6 is 0 Å². The number of aromatic nitrogens is 2. The topological polar surface area (TPSA) is 72.9 Å². The van der Waals surface area contributed by atoms with Crippen LogP contribution in [0, 0.1) is 11.8 Å². The van der Waals surface area contributed by atoms with Crippen molar-refractivity contribution in [3.8, 4) is 23.1 Å². The third-order valence-electron chi connectivity index (χ3n) is 3.84. The number of nitrogens with one attached hydrogen (secondary N) is 1. The van der Waals surface area contributed by atoms with E-state index < -0.39 is 0 Å². The number of hydrogen-bond acceptors (Lipinski definition) is 3. The molecule has 5 nitrogen and oxygen atoms in total. The largest absolute Gasteiger partial charge is 0.383 e. The van der Waals surface area contributed by atoms with Gasteiger partial charge in [0.15, 0.2) is 0 Å². The second-order valence-corrected chi connectivity index (χ2v) is 5.50. The average Bonchev–Trinajstić information content (AvgIpc) is 2.94. The molecule has 0 bridgehead atoms. The number of hydrogen-bond donors (Lipinski definition) is 2. The summed E-state index contributed by atoms with van der Waals surface area (Å²) in [6.07, 6.45) is 0. The quantitative estimate of drug-likeness (QED) is 0.709. The van der Waals surface area contributed by atoms with Gasteiger partial charge in [-0.25, -0.2) is 0 Å². The molecule has 5 heteroatoms. The van der Waals surface area contributed by atoms with E-state index in [9.17, 15) is 4.79 Å². The molecule has 1 aromatic heterocycles. The number of benzene rings is 2. The highest BCUT2D eigenvalue weighted by molar-refractivity contribution is 5.94. The molecular formula is C20H18N4O. The molecule has 2 aromatic carbocycles. The Bertz CT molecular complexity index is 961. The van der Waals surface area contributed by atoms with E-state index in [0.717, 1.165) is 11.1 Å². The van der Waals surface area contributed by atoms with Crippen LogP contribution < -0.4 is 11.1 Å². The molecule has 3 rings (SSSR count). The molecule has 0 saturated heterocycles. The van der Waals surface area contributed by atoms with Crippen LogP contribution in [0.3, 0.4) is 0 Å². The van der Waals surface area contributed by atoms with Crippen molar-refractivity contribution in [3.05, 3.63) is 71.3 Å². The first kappa shape index (κ1) is 16.3. The van der Waals surface area contributed by atoms with Crippen molar-refractivity contribution in [1.29, 1.82) is 0 Å². The number of carbonyl (C=O) groups is 1. The van der Waals surface area contributed by atoms with Gasteiger partial charge in [-0.1, -0.05) is 42.2 Å². The van der Waals surface area contributed by atoms with E-state index in [4.69, 9.17) is 5.73 Å². The van der Waals surface area contributed by atoms with Gasteiger partial charge in [0.25, 0.3) is 5.91 Å². The molecule has 25 heavy (non-hydrogen) atoms. The third kappa shape index (κ3) is 3.38. The van der Waals surface area contributed by atoms with Gasteiger partial charge in [0.1, 0.15) is 11.5 Å². The minimum atomic E-state index is -0.129. The Morgan fingerprint density at radius 3 is 2.40 bits per heavy atom. The molecule has 0 spiro atoms. The van der Waals surface area contributed by atoms with Crippen molar-refractivity contribution in [3.63, 3.8) is 0 Å². The van der Waals surface area contributed by atoms with Crippen molar-refractivity contribution in [2.75, 3.05) is 12.8 Å². The van der Waals surface area contributed by atoms with Crippen LogP contribution in [0.2, 0.25) is 0 Å². The Morgan fingerprint density at radius 2 is 1.76 bits per heavy atom. The fraction of sp³-hybridized carbons (Fsp3) is 0.100. The lowest BCUT2D eigenvalue weighted by molar-refractivity contribution is 0.0963. The van der Waals surface area contributed by atoms with E-state index >= 15 is 0 Å². The number of aryl methyl sites for hydroxylation is 1. The summed E-state index contributed by atoms with van der Waals surface area (Å²) >= 11 is 0. The number of nitrogens with zero attached hydrogens (tertiary/aromatic N) is 2. The molecule has 0 unspecified atom stereocenters. The molecule has 124 valence electrons. The average molecular weight is 330 g/mol. The first-order chi connectivity index (χ1) is 12.1. The molecule has 0 aliphatic heterocycles. The molecule has 3 N–H and O–H groups in total. The second kappa shape index (κ2) is 6.93. The fourth-order valence-electron chi connectivity index (χ4n) is 2.44. The molecule has 0 radical (unpaired) electrons. The summed E-state index contributed by atoms with van der Waals surface area (Å²) in [5.74, 6) is 6.62. The van der Waals surface area contributed by atoms with E-state index in [0.29, 0.717) is 22.6 Å². The van der Waals surface area contributed by atoms with Crippen LogP contribution in [0.5, 0.6) is 0 Å². The minimum absolute atomic E-state index is 0.129. The van der Waals surface area contributed by atoms with Gasteiger partial charge in [-0.15, -0.1) is 0 Å². The molecule has 1 heterocycles. The molecule has 0 atom stereocenters. The Morgan fingerprint density at radius 1 is 1.08 bits per heavy atom. The Balaban J connectivity index is 2.02. The van der Waals surface area contributed by atoms with Crippen molar-refractivity contribution >= 4 is 11.7 Å². The van der Waals surface area contributed by atoms with Crippen molar-refractivity contribution < 1.29 is 4.79 Å². The van der Waals surface area contributed by atoms with Crippen molar-refractivity contribution in [2.24, 2.45) is 7.05 Å². The van der Waals surface area contributed by atoms with Crippen LogP contribution in [0.25, 0.3) is 11.3 Å². The zero-order valence-corrected chi connectivity index (χ0v) is 14.1. The van der Waals surface area contributed by atoms with Crippen LogP contribution in [-0.4, -0.2) is 22.7 Å². The highest BCUT2D eigenvalue weighted by atomic mass is 16.1. The first-order valence-electron chi connectivity index (χ1n) is 7.82. The first-order valence-corrected chi connectivity index (χ1v) is 7.82. The fourth-order valence-corrected chi connectivity index (χ4v) is 2.44. The van der Waals surface area contributed by atoms with Crippen molar-refractivity contribution in [2.45, 2.75) is 0 Å². The number of rotatable bonds is 2. The Hall–Kier alpha value is -3.52. The van der Waals surface area contributed by atoms with Crippen molar-refractivity contribution in [1.82, 2.24) is 15.1 Å². The molecule has 1 amide bonds. The predicted molar refractivity (Wildman–Crippen MR) is 98.9 cm³/mol. The molecule has 0 saturated carbocycles. The van der Waals surface area contributed by atoms with Gasteiger partial charge >= 0.3 is 0 Å². The number of amides is 1. The number of anilines is 1. The summed E-state index contributed by atoms with van der Waals surface area (Å²) in [6, 6.07) is 16.9. The van der Waals surface area contributed by atoms with Gasteiger partial charge in [-0.05, 0) is 24.3 Å². The highest BCUT2D eigenvalue weighted by Gasteiger charge is 2.14. The lowest BCUT2D eigenvalue weighted by Crippen LogP contribution is -2.17. The molecule has 0 aliphatic rings. The number of nitrogens with two attached hydrogens (primary N) is 1. The van der Waals surface area contributed by atoms with Crippen LogP contribution in [0.1, 0.15) is 21.5 Å². The van der Waals surface area contributed by atoms with E-state index in [1.807, 2.05) is 42.5 Å². The summed E-state index contributed by atoms with van der Waals surface area (Å²) in [7, 11) is 3.39. The zero-order valence-electron chi connectivity index (χ0n) is 14.1. The van der Waals surface area contributed by atoms with Gasteiger partial charge in [0, 0.05) is 30.8 Å². The standard InChI is InChI=1S/C20H18N4O/c1-22-20(25)16-11-9-15(10-12-16)18-17(19(21)24(2)23-18)13-8-14-6-4-3-5-7-14/h3-7,9-12H,21H2,1-2H3,(H,22,25). The van der Waals surface area contributed by atoms with Gasteiger partial charge in [-0.3, -0.25) is 9.48 Å². The van der Waals surface area contributed by atoms with Crippen LogP contribution in [-0.2, 0) is 7.05 Å². The van der Waals surface area contributed by atoms with Gasteiger partial charge in [0.05, 0.1) is 5.56 Å². The lowest BCUT2D eigenvalue weighted by atomic mass is 10.0. The molecule has 0 aliphatic carbocycles. The van der Waals surface area contributed by atoms with Crippen LogP contribution in [0.4, 0.5) is 5.82 Å². The van der Waals surface area contributed by atoms with Gasteiger partial charge in [0.2, 0.25) is 0 Å². The van der Waals surface area contributed by atoms with E-state index in [-0.39, 0.29) is 5.91 Å². The Labute approximate surface area is 146 Å². The van der Waals surface area contributed by atoms with Gasteiger partial charge in [-0.2, -0.15) is 5.10 Å². The highest BCUT2D eigenvalue weighted by Crippen LogP contribution is 2.26. The summed E-state index contributed by atoms with van der Waals surface area (Å²) < 4.78 is 1.61. The van der Waals surface area contributed by atoms with E-state index in [2.05, 4.69) is 22.3 Å². The number of carbonyl (C=O) groups excluding carboxylic acids is 1. The summed E-state index contributed by atoms with van der Waals surface area (Å²) in [4.78, 5) is 11.7. The maximum Gasteiger partial charge on any atom is 0.251 e. The molecule has 0 fully saturated rings. The maximum atomic E-state index is 11.7. The maximum absolute atomic E-state index is 11.7. The van der Waals surface area contributed by atoms with E-state index in [1.54, 1.807) is 30.9 Å².